The average Bonchev–Trinajstić information content (AvgIpc) is 3.22. The SMILES string of the molecule is COC(=O)C1C(C(=O)OC)N1N1C(=O)c2ccccc2C1=O. The number of carbonyl (C=O) groups excluding carboxylic acids is 4. The first-order chi connectivity index (χ1) is 10.5. The molecule has 1 aromatic carbocycles. The predicted molar refractivity (Wildman–Crippen MR) is 70.4 cm³/mol. The van der Waals surface area contributed by atoms with Crippen LogP contribution in [0.5, 0.6) is 0 Å². The Bertz CT molecular complexity index is 643. The van der Waals surface area contributed by atoms with E-state index in [1.165, 1.54) is 12.1 Å². The van der Waals surface area contributed by atoms with E-state index in [0.29, 0.717) is 0 Å². The van der Waals surface area contributed by atoms with E-state index in [0.717, 1.165) is 24.2 Å². The Labute approximate surface area is 125 Å². The van der Waals surface area contributed by atoms with Crippen LogP contribution in [-0.4, -0.2) is 60.1 Å². The minimum atomic E-state index is -1.04. The molecular formula is C14H12N2O6. The number of hydrazine groups is 1. The Morgan fingerprint density at radius 1 is 0.909 bits per heavy atom. The van der Waals surface area contributed by atoms with Crippen molar-refractivity contribution in [2.24, 2.45) is 0 Å². The van der Waals surface area contributed by atoms with Crippen molar-refractivity contribution in [1.82, 2.24) is 10.0 Å². The van der Waals surface area contributed by atoms with E-state index in [1.54, 1.807) is 12.1 Å². The second-order valence-electron chi connectivity index (χ2n) is 4.78. The molecule has 0 spiro atoms. The van der Waals surface area contributed by atoms with Gasteiger partial charge in [-0.1, -0.05) is 12.1 Å². The number of ether oxygens (including phenoxy) is 2. The molecule has 114 valence electrons. The maximum atomic E-state index is 12.4. The lowest BCUT2D eigenvalue weighted by Gasteiger charge is -2.15. The Morgan fingerprint density at radius 2 is 1.32 bits per heavy atom. The van der Waals surface area contributed by atoms with Gasteiger partial charge in [-0.2, -0.15) is 10.0 Å². The first-order valence-corrected chi connectivity index (χ1v) is 6.44. The molecule has 0 aliphatic carbocycles. The van der Waals surface area contributed by atoms with Crippen LogP contribution in [0.2, 0.25) is 0 Å². The van der Waals surface area contributed by atoms with E-state index in [2.05, 4.69) is 9.47 Å². The third kappa shape index (κ3) is 1.81. The van der Waals surface area contributed by atoms with E-state index in [1.807, 2.05) is 0 Å². The lowest BCUT2D eigenvalue weighted by molar-refractivity contribution is -0.144. The molecule has 2 atom stereocenters. The molecule has 2 amide bonds. The molecule has 22 heavy (non-hydrogen) atoms. The van der Waals surface area contributed by atoms with Crippen LogP contribution >= 0.6 is 0 Å². The van der Waals surface area contributed by atoms with Crippen molar-refractivity contribution >= 4 is 23.8 Å². The molecule has 0 N–H and O–H groups in total. The molecule has 2 unspecified atom stereocenters. The first kappa shape index (κ1) is 14.2. The highest BCUT2D eigenvalue weighted by Gasteiger charge is 2.65. The van der Waals surface area contributed by atoms with Gasteiger partial charge in [-0.3, -0.25) is 19.2 Å². The Morgan fingerprint density at radius 3 is 1.68 bits per heavy atom. The van der Waals surface area contributed by atoms with Gasteiger partial charge in [0.25, 0.3) is 11.8 Å². The van der Waals surface area contributed by atoms with Crippen molar-refractivity contribution in [3.63, 3.8) is 0 Å². The van der Waals surface area contributed by atoms with Crippen LogP contribution in [0.25, 0.3) is 0 Å². The van der Waals surface area contributed by atoms with Crippen molar-refractivity contribution in [2.45, 2.75) is 12.1 Å². The van der Waals surface area contributed by atoms with Crippen LogP contribution in [0.3, 0.4) is 0 Å². The van der Waals surface area contributed by atoms with Crippen LogP contribution in [0, 0.1) is 0 Å². The number of nitrogens with zero attached hydrogens (tertiary/aromatic N) is 2. The number of methoxy groups -OCH3 is 2. The lowest BCUT2D eigenvalue weighted by Crippen LogP contribution is -2.38. The smallest absolute Gasteiger partial charge is 0.327 e. The maximum Gasteiger partial charge on any atom is 0.327 e. The van der Waals surface area contributed by atoms with Crippen LogP contribution in [-0.2, 0) is 19.1 Å². The third-order valence-electron chi connectivity index (χ3n) is 3.67. The number of hydrogen-bond donors (Lipinski definition) is 0. The molecule has 2 aliphatic heterocycles. The fourth-order valence-electron chi connectivity index (χ4n) is 2.57. The quantitative estimate of drug-likeness (QED) is 0.426. The summed E-state index contributed by atoms with van der Waals surface area (Å²) in [6.07, 6.45) is 0. The third-order valence-corrected chi connectivity index (χ3v) is 3.67. The topological polar surface area (TPSA) is 93.0 Å². The minimum Gasteiger partial charge on any atom is -0.468 e. The molecule has 0 bridgehead atoms. The molecule has 8 nitrogen and oxygen atoms in total. The van der Waals surface area contributed by atoms with Crippen LogP contribution in [0.15, 0.2) is 24.3 Å². The Kier molecular flexibility index (Phi) is 3.18. The van der Waals surface area contributed by atoms with Crippen molar-refractivity contribution in [3.8, 4) is 0 Å². The Hall–Kier alpha value is -2.74. The van der Waals surface area contributed by atoms with Gasteiger partial charge >= 0.3 is 11.9 Å². The highest BCUT2D eigenvalue weighted by atomic mass is 16.5. The lowest BCUT2D eigenvalue weighted by atomic mass is 10.1. The second kappa shape index (κ2) is 4.92. The fraction of sp³-hybridized carbons (Fsp3) is 0.286. The van der Waals surface area contributed by atoms with Crippen LogP contribution < -0.4 is 0 Å². The fourth-order valence-corrected chi connectivity index (χ4v) is 2.57. The van der Waals surface area contributed by atoms with Crippen LogP contribution in [0.1, 0.15) is 20.7 Å². The van der Waals surface area contributed by atoms with Gasteiger partial charge in [-0.05, 0) is 12.1 Å². The van der Waals surface area contributed by atoms with Crippen LogP contribution in [0.4, 0.5) is 0 Å². The van der Waals surface area contributed by atoms with Gasteiger partial charge in [0.05, 0.1) is 25.3 Å². The number of hydrogen-bond acceptors (Lipinski definition) is 7. The highest BCUT2D eigenvalue weighted by Crippen LogP contribution is 2.37. The molecule has 2 aliphatic rings. The van der Waals surface area contributed by atoms with E-state index in [9.17, 15) is 19.2 Å². The summed E-state index contributed by atoms with van der Waals surface area (Å²) >= 11 is 0. The number of rotatable bonds is 3. The number of imide groups is 1. The molecule has 1 saturated heterocycles. The first-order valence-electron chi connectivity index (χ1n) is 6.44. The van der Waals surface area contributed by atoms with Gasteiger partial charge in [0.1, 0.15) is 0 Å². The van der Waals surface area contributed by atoms with E-state index in [-0.39, 0.29) is 11.1 Å². The molecule has 3 rings (SSSR count). The molecule has 8 heteroatoms. The molecule has 0 aromatic heterocycles. The van der Waals surface area contributed by atoms with E-state index in [4.69, 9.17) is 0 Å². The van der Waals surface area contributed by atoms with Gasteiger partial charge in [0, 0.05) is 0 Å². The van der Waals surface area contributed by atoms with E-state index < -0.39 is 35.8 Å². The molecule has 1 fully saturated rings. The summed E-state index contributed by atoms with van der Waals surface area (Å²) in [6.45, 7) is 0. The highest BCUT2D eigenvalue weighted by molar-refractivity contribution is 6.21. The van der Waals surface area contributed by atoms with Gasteiger partial charge in [0.15, 0.2) is 12.1 Å². The zero-order chi connectivity index (χ0) is 16.0. The van der Waals surface area contributed by atoms with Gasteiger partial charge in [-0.15, -0.1) is 0 Å². The summed E-state index contributed by atoms with van der Waals surface area (Å²) in [5, 5.41) is 1.89. The van der Waals surface area contributed by atoms with E-state index >= 15 is 0 Å². The summed E-state index contributed by atoms with van der Waals surface area (Å²) in [5.41, 5.74) is 0.457. The normalized spacial score (nSPS) is 25.7. The Balaban J connectivity index is 1.95. The maximum absolute atomic E-state index is 12.4. The molecule has 0 saturated carbocycles. The summed E-state index contributed by atoms with van der Waals surface area (Å²) in [6, 6.07) is 4.20. The number of amides is 2. The summed E-state index contributed by atoms with van der Waals surface area (Å²) in [7, 11) is 2.32. The van der Waals surface area contributed by atoms with Crippen molar-refractivity contribution < 1.29 is 28.7 Å². The summed E-state index contributed by atoms with van der Waals surface area (Å²) in [5.74, 6) is -2.60. The van der Waals surface area contributed by atoms with Gasteiger partial charge < -0.3 is 9.47 Å². The predicted octanol–water partition coefficient (Wildman–Crippen LogP) is -0.404. The number of carbonyl (C=O) groups is 4. The zero-order valence-electron chi connectivity index (χ0n) is 11.8. The van der Waals surface area contributed by atoms with Crippen molar-refractivity contribution in [1.29, 1.82) is 0 Å². The largest absolute Gasteiger partial charge is 0.468 e. The summed E-state index contributed by atoms with van der Waals surface area (Å²) in [4.78, 5) is 48.2. The number of fused-ring (bicyclic) bond motifs is 1. The van der Waals surface area contributed by atoms with Gasteiger partial charge in [0.2, 0.25) is 0 Å². The average molecular weight is 304 g/mol. The number of esters is 2. The standard InChI is InChI=1S/C14H12N2O6/c1-21-13(19)9-10(14(20)22-2)15(9)16-11(17)7-5-3-4-6-8(7)12(16)18/h3-6,9-10H,1-2H3. The van der Waals surface area contributed by atoms with Crippen molar-refractivity contribution in [3.05, 3.63) is 35.4 Å². The monoisotopic (exact) mass is 304 g/mol. The zero-order valence-corrected chi connectivity index (χ0v) is 11.8. The minimum absolute atomic E-state index is 0.228. The second-order valence-corrected chi connectivity index (χ2v) is 4.78. The summed E-state index contributed by atoms with van der Waals surface area (Å²) < 4.78 is 9.20. The molecule has 1 aromatic rings. The van der Waals surface area contributed by atoms with Gasteiger partial charge in [-0.25, -0.2) is 0 Å². The van der Waals surface area contributed by atoms with Crippen molar-refractivity contribution in [2.75, 3.05) is 14.2 Å². The molecular weight excluding hydrogens is 292 g/mol. The molecule has 2 heterocycles. The molecule has 0 radical (unpaired) electrons. The number of benzene rings is 1.